The Morgan fingerprint density at radius 2 is 1.40 bits per heavy atom. The fourth-order valence-corrected chi connectivity index (χ4v) is 3.13. The van der Waals surface area contributed by atoms with Gasteiger partial charge in [0, 0.05) is 21.7 Å². The van der Waals surface area contributed by atoms with E-state index in [0.29, 0.717) is 5.75 Å². The number of rotatable bonds is 5. The Labute approximate surface area is 131 Å². The van der Waals surface area contributed by atoms with Crippen LogP contribution in [0.2, 0.25) is 0 Å². The van der Waals surface area contributed by atoms with E-state index in [9.17, 15) is 9.59 Å². The van der Waals surface area contributed by atoms with Crippen LogP contribution in [-0.2, 0) is 9.59 Å². The Bertz CT molecular complexity index is 303. The molecule has 0 aromatic heterocycles. The minimum atomic E-state index is -0.745. The highest BCUT2D eigenvalue weighted by Gasteiger charge is 2.26. The van der Waals surface area contributed by atoms with Gasteiger partial charge in [-0.05, 0) is 0 Å². The van der Waals surface area contributed by atoms with Gasteiger partial charge in [0.2, 0.25) is 0 Å². The van der Waals surface area contributed by atoms with E-state index in [1.807, 2.05) is 0 Å². The van der Waals surface area contributed by atoms with Crippen molar-refractivity contribution in [3.8, 4) is 0 Å². The molecule has 0 saturated carbocycles. The Morgan fingerprint density at radius 1 is 1.00 bits per heavy atom. The van der Waals surface area contributed by atoms with Gasteiger partial charge in [0.25, 0.3) is 0 Å². The molecule has 1 atom stereocenters. The van der Waals surface area contributed by atoms with Gasteiger partial charge < -0.3 is 10.2 Å². The number of carboxylic acid groups (broad SMARTS) is 2. The minimum Gasteiger partial charge on any atom is -0.481 e. The quantitative estimate of drug-likeness (QED) is 0.796. The summed E-state index contributed by atoms with van der Waals surface area (Å²) in [4.78, 5) is 20.4. The van der Waals surface area contributed by atoms with Gasteiger partial charge in [-0.25, -0.2) is 0 Å². The van der Waals surface area contributed by atoms with Crippen LogP contribution in [0.3, 0.4) is 0 Å². The van der Waals surface area contributed by atoms with E-state index < -0.39 is 11.9 Å². The first-order valence-electron chi connectivity index (χ1n) is 6.55. The number of carboxylic acids is 2. The van der Waals surface area contributed by atoms with Gasteiger partial charge in [0.05, 0.1) is 0 Å². The lowest BCUT2D eigenvalue weighted by Crippen LogP contribution is -2.27. The van der Waals surface area contributed by atoms with Crippen molar-refractivity contribution >= 4 is 35.5 Å². The molecule has 0 radical (unpaired) electrons. The summed E-state index contributed by atoms with van der Waals surface area (Å²) in [5.74, 6) is -0.780. The molecule has 120 valence electrons. The second-order valence-corrected chi connectivity index (χ2v) is 10.1. The summed E-state index contributed by atoms with van der Waals surface area (Å²) in [6, 6.07) is 0. The molecule has 0 bridgehead atoms. The van der Waals surface area contributed by atoms with Crippen molar-refractivity contribution in [3.63, 3.8) is 0 Å². The fourth-order valence-electron chi connectivity index (χ4n) is 0.908. The fraction of sp³-hybridized carbons (Fsp3) is 0.857. The van der Waals surface area contributed by atoms with Crippen molar-refractivity contribution in [3.05, 3.63) is 0 Å². The number of thioether (sulfide) groups is 2. The molecular weight excluding hydrogens is 296 g/mol. The third-order valence-corrected chi connectivity index (χ3v) is 4.68. The van der Waals surface area contributed by atoms with Crippen LogP contribution in [0.5, 0.6) is 0 Å². The van der Waals surface area contributed by atoms with Crippen molar-refractivity contribution in [1.29, 1.82) is 0 Å². The van der Waals surface area contributed by atoms with Crippen LogP contribution in [0.15, 0.2) is 0 Å². The van der Waals surface area contributed by atoms with Gasteiger partial charge in [-0.3, -0.25) is 9.59 Å². The standard InChI is InChI=1S/C11H22O2S2.C3H6O2/c1-10(2,3)14-7-8(9(12)13)15-11(4,5)6;1-2-3(4)5/h8H,7H2,1-6H3,(H,12,13);2H2,1H3,(H,4,5). The number of hydrogen-bond acceptors (Lipinski definition) is 4. The lowest BCUT2D eigenvalue weighted by atomic mass is 10.3. The van der Waals surface area contributed by atoms with E-state index in [1.54, 1.807) is 18.7 Å². The second-order valence-electron chi connectivity index (χ2n) is 6.23. The zero-order valence-corrected chi connectivity index (χ0v) is 15.2. The topological polar surface area (TPSA) is 74.6 Å². The van der Waals surface area contributed by atoms with E-state index in [2.05, 4.69) is 41.5 Å². The molecule has 0 rings (SSSR count). The molecule has 0 aromatic rings. The normalized spacial score (nSPS) is 13.2. The van der Waals surface area contributed by atoms with Crippen LogP contribution < -0.4 is 0 Å². The first-order chi connectivity index (χ1) is 8.78. The molecule has 20 heavy (non-hydrogen) atoms. The van der Waals surface area contributed by atoms with Gasteiger partial charge >= 0.3 is 11.9 Å². The zero-order chi connectivity index (χ0) is 16.6. The average Bonchev–Trinajstić information content (AvgIpc) is 2.22. The monoisotopic (exact) mass is 324 g/mol. The summed E-state index contributed by atoms with van der Waals surface area (Å²) in [5, 5.41) is 16.5. The molecule has 2 N–H and O–H groups in total. The maximum atomic E-state index is 11.1. The van der Waals surface area contributed by atoms with Crippen LogP contribution in [0.4, 0.5) is 0 Å². The molecule has 0 spiro atoms. The summed E-state index contributed by atoms with van der Waals surface area (Å²) in [7, 11) is 0. The van der Waals surface area contributed by atoms with Crippen LogP contribution in [0, 0.1) is 0 Å². The zero-order valence-electron chi connectivity index (χ0n) is 13.5. The van der Waals surface area contributed by atoms with Crippen molar-refractivity contribution in [2.45, 2.75) is 69.6 Å². The van der Waals surface area contributed by atoms with Crippen molar-refractivity contribution in [1.82, 2.24) is 0 Å². The molecule has 6 heteroatoms. The average molecular weight is 325 g/mol. The van der Waals surface area contributed by atoms with E-state index in [-0.39, 0.29) is 21.2 Å². The molecule has 0 aliphatic carbocycles. The smallest absolute Gasteiger partial charge is 0.317 e. The van der Waals surface area contributed by atoms with Gasteiger partial charge in [-0.1, -0.05) is 48.5 Å². The number of aliphatic carboxylic acids is 2. The SMILES string of the molecule is CC(C)(C)SCC(SC(C)(C)C)C(=O)O.CCC(=O)O. The molecule has 0 amide bonds. The van der Waals surface area contributed by atoms with Crippen LogP contribution in [-0.4, -0.2) is 42.6 Å². The van der Waals surface area contributed by atoms with Crippen molar-refractivity contribution in [2.24, 2.45) is 0 Å². The molecule has 0 saturated heterocycles. The minimum absolute atomic E-state index is 0.00149. The molecule has 4 nitrogen and oxygen atoms in total. The van der Waals surface area contributed by atoms with Gasteiger partial charge in [-0.2, -0.15) is 11.8 Å². The van der Waals surface area contributed by atoms with Crippen molar-refractivity contribution in [2.75, 3.05) is 5.75 Å². The molecule has 0 fully saturated rings. The molecular formula is C14H28O4S2. The van der Waals surface area contributed by atoms with Crippen LogP contribution in [0.1, 0.15) is 54.9 Å². The molecule has 0 aromatic carbocycles. The van der Waals surface area contributed by atoms with Gasteiger partial charge in [0.15, 0.2) is 0 Å². The second kappa shape index (κ2) is 9.55. The van der Waals surface area contributed by atoms with Gasteiger partial charge in [-0.15, -0.1) is 11.8 Å². The lowest BCUT2D eigenvalue weighted by Gasteiger charge is -2.25. The lowest BCUT2D eigenvalue weighted by molar-refractivity contribution is -0.137. The number of hydrogen-bond donors (Lipinski definition) is 2. The van der Waals surface area contributed by atoms with E-state index in [1.165, 1.54) is 11.8 Å². The Hall–Kier alpha value is -0.360. The number of carbonyl (C=O) groups is 2. The van der Waals surface area contributed by atoms with Crippen LogP contribution >= 0.6 is 23.5 Å². The first kappa shape index (κ1) is 21.9. The summed E-state index contributed by atoms with van der Waals surface area (Å²) in [6.45, 7) is 14.1. The first-order valence-corrected chi connectivity index (χ1v) is 8.41. The maximum absolute atomic E-state index is 11.1. The van der Waals surface area contributed by atoms with Crippen molar-refractivity contribution < 1.29 is 19.8 Å². The van der Waals surface area contributed by atoms with E-state index >= 15 is 0 Å². The highest BCUT2D eigenvalue weighted by molar-refractivity contribution is 8.05. The predicted molar refractivity (Wildman–Crippen MR) is 88.9 cm³/mol. The third-order valence-electron chi connectivity index (χ3n) is 1.74. The molecule has 0 aliphatic heterocycles. The largest absolute Gasteiger partial charge is 0.481 e. The summed E-state index contributed by atoms with van der Waals surface area (Å²) < 4.78 is 0.133. The van der Waals surface area contributed by atoms with Gasteiger partial charge in [0.1, 0.15) is 5.25 Å². The Morgan fingerprint density at radius 3 is 1.60 bits per heavy atom. The summed E-state index contributed by atoms with van der Waals surface area (Å²) in [6.07, 6.45) is 0.222. The highest BCUT2D eigenvalue weighted by Crippen LogP contribution is 2.33. The molecule has 0 aliphatic rings. The summed E-state index contributed by atoms with van der Waals surface area (Å²) in [5.41, 5.74) is 0. The molecule has 0 heterocycles. The predicted octanol–water partition coefficient (Wildman–Crippen LogP) is 3.98. The molecule has 1 unspecified atom stereocenters. The summed E-state index contributed by atoms with van der Waals surface area (Å²) >= 11 is 3.24. The maximum Gasteiger partial charge on any atom is 0.317 e. The Balaban J connectivity index is 0. The van der Waals surface area contributed by atoms with E-state index in [0.717, 1.165) is 0 Å². The third kappa shape index (κ3) is 17.6. The highest BCUT2D eigenvalue weighted by atomic mass is 32.2. The Kier molecular flexibility index (Phi) is 10.5. The van der Waals surface area contributed by atoms with Crippen LogP contribution in [0.25, 0.3) is 0 Å². The van der Waals surface area contributed by atoms with E-state index in [4.69, 9.17) is 10.2 Å².